The van der Waals surface area contributed by atoms with Crippen molar-refractivity contribution in [2.75, 3.05) is 36.4 Å². The van der Waals surface area contributed by atoms with E-state index in [1.807, 2.05) is 24.3 Å². The van der Waals surface area contributed by atoms with Crippen LogP contribution in [0.1, 0.15) is 0 Å². The topological polar surface area (TPSA) is 52.7 Å². The first-order valence-corrected chi connectivity index (χ1v) is 9.13. The van der Waals surface area contributed by atoms with Gasteiger partial charge in [0, 0.05) is 41.9 Å². The van der Waals surface area contributed by atoms with Crippen LogP contribution >= 0.6 is 34.8 Å². The van der Waals surface area contributed by atoms with Gasteiger partial charge >= 0.3 is 11.8 Å². The van der Waals surface area contributed by atoms with Crippen LogP contribution in [0.15, 0.2) is 42.5 Å². The van der Waals surface area contributed by atoms with Crippen LogP contribution in [0.3, 0.4) is 0 Å². The molecule has 3 rings (SSSR count). The van der Waals surface area contributed by atoms with Crippen molar-refractivity contribution in [2.45, 2.75) is 0 Å². The van der Waals surface area contributed by atoms with E-state index < -0.39 is 11.8 Å². The molecule has 8 heteroatoms. The summed E-state index contributed by atoms with van der Waals surface area (Å²) >= 11 is 17.9. The Morgan fingerprint density at radius 2 is 1.58 bits per heavy atom. The van der Waals surface area contributed by atoms with Gasteiger partial charge in [-0.3, -0.25) is 9.59 Å². The SMILES string of the molecule is O=C(Nc1ccc(Cl)cc1Cl)C(=O)N1CCN(c2cccc(Cl)c2)CC1. The van der Waals surface area contributed by atoms with Crippen LogP contribution in [-0.2, 0) is 9.59 Å². The van der Waals surface area contributed by atoms with Gasteiger partial charge in [0.25, 0.3) is 0 Å². The second-order valence-electron chi connectivity index (χ2n) is 5.84. The summed E-state index contributed by atoms with van der Waals surface area (Å²) in [6.07, 6.45) is 0. The average molecular weight is 413 g/mol. The van der Waals surface area contributed by atoms with Crippen LogP contribution in [0.2, 0.25) is 15.1 Å². The second-order valence-corrected chi connectivity index (χ2v) is 7.12. The van der Waals surface area contributed by atoms with Gasteiger partial charge in [0.15, 0.2) is 0 Å². The van der Waals surface area contributed by atoms with E-state index in [4.69, 9.17) is 34.8 Å². The maximum Gasteiger partial charge on any atom is 0.313 e. The van der Waals surface area contributed by atoms with Crippen molar-refractivity contribution in [2.24, 2.45) is 0 Å². The molecule has 1 saturated heterocycles. The van der Waals surface area contributed by atoms with Gasteiger partial charge in [-0.25, -0.2) is 0 Å². The number of halogens is 3. The number of hydrogen-bond donors (Lipinski definition) is 1. The molecule has 2 aromatic carbocycles. The zero-order valence-electron chi connectivity index (χ0n) is 13.7. The van der Waals surface area contributed by atoms with E-state index in [0.29, 0.717) is 41.9 Å². The number of carbonyl (C=O) groups is 2. The van der Waals surface area contributed by atoms with Crippen molar-refractivity contribution < 1.29 is 9.59 Å². The third kappa shape index (κ3) is 4.41. The van der Waals surface area contributed by atoms with Gasteiger partial charge in [-0.05, 0) is 36.4 Å². The molecule has 5 nitrogen and oxygen atoms in total. The molecule has 1 fully saturated rings. The second kappa shape index (κ2) is 8.16. The first-order chi connectivity index (χ1) is 12.4. The van der Waals surface area contributed by atoms with E-state index in [1.54, 1.807) is 12.1 Å². The van der Waals surface area contributed by atoms with E-state index in [2.05, 4.69) is 10.2 Å². The van der Waals surface area contributed by atoms with Crippen LogP contribution in [0, 0.1) is 0 Å². The highest BCUT2D eigenvalue weighted by Crippen LogP contribution is 2.25. The molecule has 0 aromatic heterocycles. The van der Waals surface area contributed by atoms with Gasteiger partial charge < -0.3 is 15.1 Å². The number of anilines is 2. The van der Waals surface area contributed by atoms with E-state index in [1.165, 1.54) is 11.0 Å². The van der Waals surface area contributed by atoms with E-state index >= 15 is 0 Å². The third-order valence-corrected chi connectivity index (χ3v) is 4.90. The van der Waals surface area contributed by atoms with Crippen molar-refractivity contribution in [1.82, 2.24) is 4.90 Å². The minimum atomic E-state index is -0.717. The molecule has 26 heavy (non-hydrogen) atoms. The predicted molar refractivity (Wildman–Crippen MR) is 105 cm³/mol. The van der Waals surface area contributed by atoms with Crippen LogP contribution in [0.5, 0.6) is 0 Å². The number of hydrogen-bond acceptors (Lipinski definition) is 3. The molecule has 1 N–H and O–H groups in total. The summed E-state index contributed by atoms with van der Waals surface area (Å²) in [5.41, 5.74) is 1.36. The van der Waals surface area contributed by atoms with Crippen LogP contribution in [0.25, 0.3) is 0 Å². The summed E-state index contributed by atoms with van der Waals surface area (Å²) in [4.78, 5) is 28.3. The first-order valence-electron chi connectivity index (χ1n) is 8.00. The maximum atomic E-state index is 12.4. The van der Waals surface area contributed by atoms with Gasteiger partial charge in [-0.2, -0.15) is 0 Å². The largest absolute Gasteiger partial charge is 0.368 e. The first kappa shape index (κ1) is 18.8. The Hall–Kier alpha value is -1.95. The summed E-state index contributed by atoms with van der Waals surface area (Å²) in [6, 6.07) is 12.2. The van der Waals surface area contributed by atoms with Gasteiger partial charge in [0.2, 0.25) is 0 Å². The fraction of sp³-hybridized carbons (Fsp3) is 0.222. The lowest BCUT2D eigenvalue weighted by molar-refractivity contribution is -0.143. The smallest absolute Gasteiger partial charge is 0.313 e. The Morgan fingerprint density at radius 1 is 0.885 bits per heavy atom. The Labute approximate surface area is 166 Å². The highest BCUT2D eigenvalue weighted by Gasteiger charge is 2.26. The fourth-order valence-electron chi connectivity index (χ4n) is 2.75. The molecule has 136 valence electrons. The molecule has 1 aliphatic rings. The van der Waals surface area contributed by atoms with Gasteiger partial charge in [-0.1, -0.05) is 40.9 Å². The van der Waals surface area contributed by atoms with Crippen LogP contribution in [0.4, 0.5) is 11.4 Å². The minimum Gasteiger partial charge on any atom is -0.368 e. The number of piperazine rings is 1. The molecule has 2 aromatic rings. The number of rotatable bonds is 2. The third-order valence-electron chi connectivity index (χ3n) is 4.11. The van der Waals surface area contributed by atoms with Crippen LogP contribution < -0.4 is 10.2 Å². The zero-order chi connectivity index (χ0) is 18.7. The van der Waals surface area contributed by atoms with Gasteiger partial charge in [0.05, 0.1) is 10.7 Å². The molecular formula is C18H16Cl3N3O2. The Morgan fingerprint density at radius 3 is 2.23 bits per heavy atom. The van der Waals surface area contributed by atoms with Crippen molar-refractivity contribution in [3.05, 3.63) is 57.5 Å². The summed E-state index contributed by atoms with van der Waals surface area (Å²) in [7, 11) is 0. The Kier molecular flexibility index (Phi) is 5.91. The monoisotopic (exact) mass is 411 g/mol. The number of nitrogens with zero attached hydrogens (tertiary/aromatic N) is 2. The summed E-state index contributed by atoms with van der Waals surface area (Å²) < 4.78 is 0. The number of benzene rings is 2. The lowest BCUT2D eigenvalue weighted by Crippen LogP contribution is -2.51. The number of carbonyl (C=O) groups excluding carboxylic acids is 2. The molecule has 1 aliphatic heterocycles. The molecular weight excluding hydrogens is 397 g/mol. The van der Waals surface area contributed by atoms with Crippen LogP contribution in [-0.4, -0.2) is 42.9 Å². The number of nitrogens with one attached hydrogen (secondary N) is 1. The summed E-state index contributed by atoms with van der Waals surface area (Å²) in [5, 5.41) is 3.94. The minimum absolute atomic E-state index is 0.282. The van der Waals surface area contributed by atoms with E-state index in [-0.39, 0.29) is 5.02 Å². The molecule has 0 atom stereocenters. The predicted octanol–water partition coefficient (Wildman–Crippen LogP) is 3.93. The molecule has 0 radical (unpaired) electrons. The van der Waals surface area contributed by atoms with Crippen molar-refractivity contribution in [1.29, 1.82) is 0 Å². The van der Waals surface area contributed by atoms with Crippen molar-refractivity contribution in [3.63, 3.8) is 0 Å². The standard InChI is InChI=1S/C18H16Cl3N3O2/c19-12-2-1-3-14(10-12)23-6-8-24(9-7-23)18(26)17(25)22-16-5-4-13(20)11-15(16)21/h1-5,10-11H,6-9H2,(H,22,25). The average Bonchev–Trinajstić information content (AvgIpc) is 2.63. The van der Waals surface area contributed by atoms with Crippen molar-refractivity contribution >= 4 is 58.0 Å². The quantitative estimate of drug-likeness (QED) is 0.760. The lowest BCUT2D eigenvalue weighted by atomic mass is 10.2. The molecule has 0 bridgehead atoms. The van der Waals surface area contributed by atoms with Crippen molar-refractivity contribution in [3.8, 4) is 0 Å². The Balaban J connectivity index is 1.58. The fourth-order valence-corrected chi connectivity index (χ4v) is 3.39. The molecule has 1 heterocycles. The molecule has 2 amide bonds. The molecule has 0 saturated carbocycles. The highest BCUT2D eigenvalue weighted by molar-refractivity contribution is 6.42. The van der Waals surface area contributed by atoms with Gasteiger partial charge in [0.1, 0.15) is 0 Å². The molecule has 0 unspecified atom stereocenters. The van der Waals surface area contributed by atoms with E-state index in [0.717, 1.165) is 5.69 Å². The highest BCUT2D eigenvalue weighted by atomic mass is 35.5. The zero-order valence-corrected chi connectivity index (χ0v) is 16.0. The molecule has 0 aliphatic carbocycles. The van der Waals surface area contributed by atoms with E-state index in [9.17, 15) is 9.59 Å². The molecule has 0 spiro atoms. The summed E-state index contributed by atoms with van der Waals surface area (Å²) in [5.74, 6) is -1.30. The lowest BCUT2D eigenvalue weighted by Gasteiger charge is -2.35. The summed E-state index contributed by atoms with van der Waals surface area (Å²) in [6.45, 7) is 2.16. The number of amides is 2. The Bertz CT molecular complexity index is 836. The maximum absolute atomic E-state index is 12.4. The van der Waals surface area contributed by atoms with Gasteiger partial charge in [-0.15, -0.1) is 0 Å². The normalized spacial score (nSPS) is 14.3.